The van der Waals surface area contributed by atoms with Crippen LogP contribution in [0.5, 0.6) is 5.75 Å². The topological polar surface area (TPSA) is 66.6 Å². The van der Waals surface area contributed by atoms with Crippen molar-refractivity contribution in [2.24, 2.45) is 5.73 Å². The summed E-state index contributed by atoms with van der Waals surface area (Å²) in [5.74, 6) is 0.198. The van der Waals surface area contributed by atoms with Crippen LogP contribution in [0, 0.1) is 0 Å². The zero-order valence-corrected chi connectivity index (χ0v) is 11.1. The summed E-state index contributed by atoms with van der Waals surface area (Å²) in [6, 6.07) is 6.43. The Balaban J connectivity index is 2.51. The average molecular weight is 250 g/mol. The number of hydrogen-bond donors (Lipinski definition) is 2. The molecule has 0 aromatic heterocycles. The Labute approximate surface area is 108 Å². The SMILES string of the molecule is CCCC[C@H](N)C(=O)N(C)Cc1ccc(O)cc1. The molecule has 0 saturated heterocycles. The molecule has 0 bridgehead atoms. The van der Waals surface area contributed by atoms with Crippen LogP contribution in [-0.2, 0) is 11.3 Å². The molecule has 4 heteroatoms. The Morgan fingerprint density at radius 3 is 2.56 bits per heavy atom. The quantitative estimate of drug-likeness (QED) is 0.810. The summed E-state index contributed by atoms with van der Waals surface area (Å²) in [6.45, 7) is 2.59. The summed E-state index contributed by atoms with van der Waals surface area (Å²) in [4.78, 5) is 13.6. The molecule has 0 unspecified atom stereocenters. The molecule has 0 aliphatic carbocycles. The fraction of sp³-hybridized carbons (Fsp3) is 0.500. The van der Waals surface area contributed by atoms with Crippen molar-refractivity contribution in [3.8, 4) is 5.75 Å². The molecule has 0 aliphatic rings. The van der Waals surface area contributed by atoms with Gasteiger partial charge in [0.1, 0.15) is 5.75 Å². The van der Waals surface area contributed by atoms with Crippen molar-refractivity contribution in [2.75, 3.05) is 7.05 Å². The summed E-state index contributed by atoms with van der Waals surface area (Å²) in [7, 11) is 1.75. The number of nitrogens with two attached hydrogens (primary N) is 1. The number of benzene rings is 1. The number of phenolic OH excluding ortho intramolecular Hbond substituents is 1. The van der Waals surface area contributed by atoms with Crippen LogP contribution in [0.3, 0.4) is 0 Å². The molecule has 0 fully saturated rings. The highest BCUT2D eigenvalue weighted by Crippen LogP contribution is 2.12. The third-order valence-electron chi connectivity index (χ3n) is 2.92. The largest absolute Gasteiger partial charge is 0.508 e. The smallest absolute Gasteiger partial charge is 0.239 e. The van der Waals surface area contributed by atoms with Crippen molar-refractivity contribution in [1.29, 1.82) is 0 Å². The van der Waals surface area contributed by atoms with E-state index in [4.69, 9.17) is 5.73 Å². The van der Waals surface area contributed by atoms with E-state index >= 15 is 0 Å². The summed E-state index contributed by atoms with van der Waals surface area (Å²) >= 11 is 0. The summed E-state index contributed by atoms with van der Waals surface area (Å²) in [5, 5.41) is 9.18. The molecule has 18 heavy (non-hydrogen) atoms. The van der Waals surface area contributed by atoms with Gasteiger partial charge in [0.25, 0.3) is 0 Å². The van der Waals surface area contributed by atoms with Gasteiger partial charge in [0.2, 0.25) is 5.91 Å². The first-order chi connectivity index (χ1) is 8.54. The fourth-order valence-corrected chi connectivity index (χ4v) is 1.78. The molecular weight excluding hydrogens is 228 g/mol. The number of aromatic hydroxyl groups is 1. The minimum atomic E-state index is -0.410. The van der Waals surface area contributed by atoms with E-state index in [0.717, 1.165) is 24.8 Å². The van der Waals surface area contributed by atoms with Gasteiger partial charge in [0.05, 0.1) is 6.04 Å². The third kappa shape index (κ3) is 4.37. The van der Waals surface area contributed by atoms with Gasteiger partial charge in [-0.25, -0.2) is 0 Å². The lowest BCUT2D eigenvalue weighted by Crippen LogP contribution is -2.41. The van der Waals surface area contributed by atoms with Crippen molar-refractivity contribution >= 4 is 5.91 Å². The average Bonchev–Trinajstić information content (AvgIpc) is 2.37. The molecule has 0 aliphatic heterocycles. The summed E-state index contributed by atoms with van der Waals surface area (Å²) < 4.78 is 0. The van der Waals surface area contributed by atoms with Crippen LogP contribution in [0.2, 0.25) is 0 Å². The van der Waals surface area contributed by atoms with E-state index in [2.05, 4.69) is 6.92 Å². The molecule has 0 heterocycles. The van der Waals surface area contributed by atoms with Crippen LogP contribution in [-0.4, -0.2) is 29.0 Å². The van der Waals surface area contributed by atoms with Gasteiger partial charge in [-0.2, -0.15) is 0 Å². The highest BCUT2D eigenvalue weighted by molar-refractivity contribution is 5.81. The molecule has 1 amide bonds. The van der Waals surface area contributed by atoms with Crippen molar-refractivity contribution < 1.29 is 9.90 Å². The van der Waals surface area contributed by atoms with Crippen LogP contribution in [0.15, 0.2) is 24.3 Å². The lowest BCUT2D eigenvalue weighted by atomic mass is 10.1. The van der Waals surface area contributed by atoms with E-state index in [-0.39, 0.29) is 11.7 Å². The van der Waals surface area contributed by atoms with E-state index in [0.29, 0.717) is 6.54 Å². The van der Waals surface area contributed by atoms with Crippen molar-refractivity contribution in [2.45, 2.75) is 38.8 Å². The fourth-order valence-electron chi connectivity index (χ4n) is 1.78. The van der Waals surface area contributed by atoms with Crippen molar-refractivity contribution in [3.63, 3.8) is 0 Å². The van der Waals surface area contributed by atoms with Gasteiger partial charge in [-0.1, -0.05) is 31.9 Å². The number of rotatable bonds is 6. The summed E-state index contributed by atoms with van der Waals surface area (Å²) in [5.41, 5.74) is 6.83. The van der Waals surface area contributed by atoms with Gasteiger partial charge in [-0.05, 0) is 24.1 Å². The van der Waals surface area contributed by atoms with Crippen LogP contribution in [0.25, 0.3) is 0 Å². The monoisotopic (exact) mass is 250 g/mol. The second-order valence-electron chi connectivity index (χ2n) is 4.61. The third-order valence-corrected chi connectivity index (χ3v) is 2.92. The number of carbonyl (C=O) groups is 1. The van der Waals surface area contributed by atoms with Gasteiger partial charge in [-0.3, -0.25) is 4.79 Å². The zero-order valence-electron chi connectivity index (χ0n) is 11.1. The maximum absolute atomic E-state index is 12.0. The van der Waals surface area contributed by atoms with Crippen LogP contribution in [0.1, 0.15) is 31.7 Å². The van der Waals surface area contributed by atoms with E-state index < -0.39 is 6.04 Å². The number of likely N-dealkylation sites (N-methyl/N-ethyl adjacent to an activating group) is 1. The van der Waals surface area contributed by atoms with E-state index in [1.807, 2.05) is 0 Å². The van der Waals surface area contributed by atoms with E-state index in [1.165, 1.54) is 0 Å². The zero-order chi connectivity index (χ0) is 13.5. The lowest BCUT2D eigenvalue weighted by Gasteiger charge is -2.21. The second kappa shape index (κ2) is 7.01. The second-order valence-corrected chi connectivity index (χ2v) is 4.61. The van der Waals surface area contributed by atoms with Crippen LogP contribution < -0.4 is 5.73 Å². The predicted molar refractivity (Wildman–Crippen MR) is 72.1 cm³/mol. The molecule has 0 spiro atoms. The standard InChI is InChI=1S/C14H22N2O2/c1-3-4-5-13(15)14(18)16(2)10-11-6-8-12(17)9-7-11/h6-9,13,17H,3-5,10,15H2,1-2H3/t13-/m0/s1. The Kier molecular flexibility index (Phi) is 5.65. The normalized spacial score (nSPS) is 12.2. The van der Waals surface area contributed by atoms with E-state index in [1.54, 1.807) is 36.2 Å². The first-order valence-electron chi connectivity index (χ1n) is 6.33. The number of amides is 1. The Bertz CT molecular complexity index is 376. The minimum Gasteiger partial charge on any atom is -0.508 e. The van der Waals surface area contributed by atoms with Gasteiger partial charge < -0.3 is 15.7 Å². The highest BCUT2D eigenvalue weighted by Gasteiger charge is 2.17. The van der Waals surface area contributed by atoms with Gasteiger partial charge in [0, 0.05) is 13.6 Å². The molecule has 4 nitrogen and oxygen atoms in total. The maximum atomic E-state index is 12.0. The minimum absolute atomic E-state index is 0.0310. The van der Waals surface area contributed by atoms with Crippen LogP contribution in [0.4, 0.5) is 0 Å². The molecule has 1 aromatic rings. The lowest BCUT2D eigenvalue weighted by molar-refractivity contribution is -0.132. The molecule has 1 aromatic carbocycles. The number of carbonyl (C=O) groups excluding carboxylic acids is 1. The molecule has 100 valence electrons. The summed E-state index contributed by atoms with van der Waals surface area (Å²) in [6.07, 6.45) is 2.75. The van der Waals surface area contributed by atoms with Gasteiger partial charge >= 0.3 is 0 Å². The Morgan fingerprint density at radius 2 is 2.00 bits per heavy atom. The number of unbranched alkanes of at least 4 members (excludes halogenated alkanes) is 1. The molecule has 0 saturated carbocycles. The van der Waals surface area contributed by atoms with Crippen molar-refractivity contribution in [1.82, 2.24) is 4.90 Å². The maximum Gasteiger partial charge on any atom is 0.239 e. The van der Waals surface area contributed by atoms with Crippen LogP contribution >= 0.6 is 0 Å². The first kappa shape index (κ1) is 14.5. The van der Waals surface area contributed by atoms with Crippen molar-refractivity contribution in [3.05, 3.63) is 29.8 Å². The molecule has 1 atom stereocenters. The Hall–Kier alpha value is -1.55. The Morgan fingerprint density at radius 1 is 1.39 bits per heavy atom. The van der Waals surface area contributed by atoms with Gasteiger partial charge in [0.15, 0.2) is 0 Å². The highest BCUT2D eigenvalue weighted by atomic mass is 16.3. The van der Waals surface area contributed by atoms with Gasteiger partial charge in [-0.15, -0.1) is 0 Å². The molecule has 1 rings (SSSR count). The number of phenols is 1. The number of hydrogen-bond acceptors (Lipinski definition) is 3. The molecular formula is C14H22N2O2. The first-order valence-corrected chi connectivity index (χ1v) is 6.33. The molecule has 0 radical (unpaired) electrons. The predicted octanol–water partition coefficient (Wildman–Crippen LogP) is 1.87. The molecule has 3 N–H and O–H groups in total. The number of nitrogens with zero attached hydrogens (tertiary/aromatic N) is 1. The van der Waals surface area contributed by atoms with E-state index in [9.17, 15) is 9.90 Å².